The third-order valence-electron chi connectivity index (χ3n) is 3.43. The molecule has 5 heteroatoms. The molecule has 0 spiro atoms. The van der Waals surface area contributed by atoms with Gasteiger partial charge in [-0.25, -0.2) is 4.79 Å². The predicted molar refractivity (Wildman–Crippen MR) is 81.8 cm³/mol. The summed E-state index contributed by atoms with van der Waals surface area (Å²) in [6.07, 6.45) is 1.61. The lowest BCUT2D eigenvalue weighted by atomic mass is 9.96. The zero-order chi connectivity index (χ0) is 15.6. The molecule has 0 radical (unpaired) electrons. The Bertz CT molecular complexity index is 561. The van der Waals surface area contributed by atoms with Crippen LogP contribution in [0.4, 0.5) is 5.69 Å². The number of nitrogens with zero attached hydrogens (tertiary/aromatic N) is 1. The molecule has 1 aromatic rings. The van der Waals surface area contributed by atoms with E-state index in [0.29, 0.717) is 5.56 Å². The molecule has 0 unspecified atom stereocenters. The number of carbonyl (C=O) groups excluding carboxylic acids is 1. The maximum absolute atomic E-state index is 12.1. The minimum atomic E-state index is -0.909. The Morgan fingerprint density at radius 1 is 1.33 bits per heavy atom. The van der Waals surface area contributed by atoms with Crippen LogP contribution in [-0.4, -0.2) is 35.6 Å². The lowest BCUT2D eigenvalue weighted by Crippen LogP contribution is -2.47. The SMILES string of the molecule is CC(C)(C)NC(=O)CN1CCCc2c(C(=O)O)cccc21. The fourth-order valence-corrected chi connectivity index (χ4v) is 2.70. The highest BCUT2D eigenvalue weighted by Crippen LogP contribution is 2.29. The highest BCUT2D eigenvalue weighted by molar-refractivity contribution is 5.92. The number of aromatic carboxylic acids is 1. The molecule has 5 nitrogen and oxygen atoms in total. The number of carbonyl (C=O) groups is 2. The van der Waals surface area contributed by atoms with Gasteiger partial charge < -0.3 is 15.3 Å². The molecule has 114 valence electrons. The summed E-state index contributed by atoms with van der Waals surface area (Å²) in [5.41, 5.74) is 1.77. The molecule has 0 fully saturated rings. The molecule has 0 aliphatic carbocycles. The first kappa shape index (κ1) is 15.4. The van der Waals surface area contributed by atoms with Gasteiger partial charge in [-0.3, -0.25) is 4.79 Å². The largest absolute Gasteiger partial charge is 0.478 e. The van der Waals surface area contributed by atoms with Crippen molar-refractivity contribution in [2.75, 3.05) is 18.0 Å². The van der Waals surface area contributed by atoms with Gasteiger partial charge >= 0.3 is 5.97 Å². The van der Waals surface area contributed by atoms with E-state index < -0.39 is 5.97 Å². The van der Waals surface area contributed by atoms with E-state index in [1.807, 2.05) is 31.7 Å². The van der Waals surface area contributed by atoms with Crippen molar-refractivity contribution < 1.29 is 14.7 Å². The summed E-state index contributed by atoms with van der Waals surface area (Å²) < 4.78 is 0. The average Bonchev–Trinajstić information content (AvgIpc) is 2.36. The molecule has 0 bridgehead atoms. The number of hydrogen-bond donors (Lipinski definition) is 2. The van der Waals surface area contributed by atoms with Crippen molar-refractivity contribution in [2.45, 2.75) is 39.2 Å². The van der Waals surface area contributed by atoms with Gasteiger partial charge in [-0.05, 0) is 51.3 Å². The Labute approximate surface area is 125 Å². The Hall–Kier alpha value is -2.04. The average molecular weight is 290 g/mol. The number of carboxylic acids is 1. The molecule has 1 aromatic carbocycles. The second kappa shape index (κ2) is 5.76. The zero-order valence-electron chi connectivity index (χ0n) is 12.8. The van der Waals surface area contributed by atoms with Crippen LogP contribution in [0.1, 0.15) is 43.1 Å². The molecular weight excluding hydrogens is 268 g/mol. The molecule has 1 amide bonds. The van der Waals surface area contributed by atoms with Gasteiger partial charge in [0.05, 0.1) is 12.1 Å². The topological polar surface area (TPSA) is 69.6 Å². The van der Waals surface area contributed by atoms with Crippen LogP contribution in [0.15, 0.2) is 18.2 Å². The van der Waals surface area contributed by atoms with Crippen LogP contribution in [0, 0.1) is 0 Å². The fourth-order valence-electron chi connectivity index (χ4n) is 2.70. The second-order valence-electron chi connectivity index (χ2n) is 6.43. The third kappa shape index (κ3) is 3.74. The van der Waals surface area contributed by atoms with Gasteiger partial charge in [0.15, 0.2) is 0 Å². The lowest BCUT2D eigenvalue weighted by molar-refractivity contribution is -0.121. The first-order chi connectivity index (χ1) is 9.78. The van der Waals surface area contributed by atoms with E-state index in [-0.39, 0.29) is 18.0 Å². The van der Waals surface area contributed by atoms with Crippen LogP contribution in [0.2, 0.25) is 0 Å². The minimum Gasteiger partial charge on any atom is -0.478 e. The summed E-state index contributed by atoms with van der Waals surface area (Å²) in [6.45, 7) is 6.85. The summed E-state index contributed by atoms with van der Waals surface area (Å²) in [5.74, 6) is -0.955. The quantitative estimate of drug-likeness (QED) is 0.894. The summed E-state index contributed by atoms with van der Waals surface area (Å²) in [6, 6.07) is 5.26. The number of benzene rings is 1. The van der Waals surface area contributed by atoms with Crippen LogP contribution in [-0.2, 0) is 11.2 Å². The van der Waals surface area contributed by atoms with Gasteiger partial charge in [-0.2, -0.15) is 0 Å². The van der Waals surface area contributed by atoms with Crippen molar-refractivity contribution in [1.29, 1.82) is 0 Å². The van der Waals surface area contributed by atoms with Crippen LogP contribution in [0.3, 0.4) is 0 Å². The van der Waals surface area contributed by atoms with Crippen molar-refractivity contribution in [3.05, 3.63) is 29.3 Å². The summed E-state index contributed by atoms with van der Waals surface area (Å²) in [4.78, 5) is 25.3. The molecule has 1 aliphatic heterocycles. The highest BCUT2D eigenvalue weighted by Gasteiger charge is 2.24. The van der Waals surface area contributed by atoms with Gasteiger partial charge in [-0.1, -0.05) is 6.07 Å². The van der Waals surface area contributed by atoms with Crippen LogP contribution < -0.4 is 10.2 Å². The van der Waals surface area contributed by atoms with Gasteiger partial charge in [0.2, 0.25) is 5.91 Å². The van der Waals surface area contributed by atoms with Crippen LogP contribution >= 0.6 is 0 Å². The standard InChI is InChI=1S/C16H22N2O3/c1-16(2,3)17-14(19)10-18-9-5-7-11-12(15(20)21)6-4-8-13(11)18/h4,6,8H,5,7,9-10H2,1-3H3,(H,17,19)(H,20,21). The molecule has 1 heterocycles. The molecular formula is C16H22N2O3. The first-order valence-electron chi connectivity index (χ1n) is 7.19. The molecule has 0 atom stereocenters. The van der Waals surface area contributed by atoms with Gasteiger partial charge in [0.25, 0.3) is 0 Å². The predicted octanol–water partition coefficient (Wildman–Crippen LogP) is 2.05. The van der Waals surface area contributed by atoms with Crippen LogP contribution in [0.25, 0.3) is 0 Å². The Balaban J connectivity index is 2.21. The lowest BCUT2D eigenvalue weighted by Gasteiger charge is -2.32. The Kier molecular flexibility index (Phi) is 4.21. The molecule has 2 N–H and O–H groups in total. The van der Waals surface area contributed by atoms with Crippen molar-refractivity contribution in [3.63, 3.8) is 0 Å². The molecule has 1 aliphatic rings. The normalized spacial score (nSPS) is 14.5. The van der Waals surface area contributed by atoms with E-state index in [1.165, 1.54) is 0 Å². The minimum absolute atomic E-state index is 0.0453. The number of nitrogens with one attached hydrogen (secondary N) is 1. The van der Waals surface area contributed by atoms with Crippen LogP contribution in [0.5, 0.6) is 0 Å². The van der Waals surface area contributed by atoms with Gasteiger partial charge in [0.1, 0.15) is 0 Å². The van der Waals surface area contributed by atoms with Crippen molar-refractivity contribution in [3.8, 4) is 0 Å². The monoisotopic (exact) mass is 290 g/mol. The number of hydrogen-bond acceptors (Lipinski definition) is 3. The Morgan fingerprint density at radius 2 is 2.05 bits per heavy atom. The maximum Gasteiger partial charge on any atom is 0.336 e. The van der Waals surface area contributed by atoms with Crippen molar-refractivity contribution >= 4 is 17.6 Å². The molecule has 2 rings (SSSR count). The number of amides is 1. The highest BCUT2D eigenvalue weighted by atomic mass is 16.4. The van der Waals surface area contributed by atoms with E-state index >= 15 is 0 Å². The van der Waals surface area contributed by atoms with E-state index in [1.54, 1.807) is 12.1 Å². The number of rotatable bonds is 3. The number of anilines is 1. The smallest absolute Gasteiger partial charge is 0.336 e. The molecule has 21 heavy (non-hydrogen) atoms. The second-order valence-corrected chi connectivity index (χ2v) is 6.43. The van der Waals surface area contributed by atoms with Crippen molar-refractivity contribution in [1.82, 2.24) is 5.32 Å². The summed E-state index contributed by atoms with van der Waals surface area (Å²) in [7, 11) is 0. The zero-order valence-corrected chi connectivity index (χ0v) is 12.8. The molecule has 0 saturated heterocycles. The van der Waals surface area contributed by atoms with Gasteiger partial charge in [0, 0.05) is 17.8 Å². The van der Waals surface area contributed by atoms with E-state index in [0.717, 1.165) is 30.6 Å². The molecule has 0 saturated carbocycles. The number of fused-ring (bicyclic) bond motifs is 1. The van der Waals surface area contributed by atoms with E-state index in [9.17, 15) is 14.7 Å². The number of carboxylic acid groups (broad SMARTS) is 1. The maximum atomic E-state index is 12.1. The fraction of sp³-hybridized carbons (Fsp3) is 0.500. The van der Waals surface area contributed by atoms with Crippen molar-refractivity contribution in [2.24, 2.45) is 0 Å². The van der Waals surface area contributed by atoms with E-state index in [4.69, 9.17) is 0 Å². The third-order valence-corrected chi connectivity index (χ3v) is 3.43. The summed E-state index contributed by atoms with van der Waals surface area (Å²) in [5, 5.41) is 12.2. The molecule has 0 aromatic heterocycles. The summed E-state index contributed by atoms with van der Waals surface area (Å²) >= 11 is 0. The Morgan fingerprint density at radius 3 is 2.67 bits per heavy atom. The van der Waals surface area contributed by atoms with E-state index in [2.05, 4.69) is 5.32 Å². The first-order valence-corrected chi connectivity index (χ1v) is 7.19. The van der Waals surface area contributed by atoms with Gasteiger partial charge in [-0.15, -0.1) is 0 Å².